The van der Waals surface area contributed by atoms with E-state index in [1.807, 2.05) is 0 Å². The molecule has 0 bridgehead atoms. The van der Waals surface area contributed by atoms with Crippen LogP contribution in [0.1, 0.15) is 10.4 Å². The van der Waals surface area contributed by atoms with Crippen LogP contribution in [0.5, 0.6) is 0 Å². The fraction of sp³-hybridized carbons (Fsp3) is 0.364. The summed E-state index contributed by atoms with van der Waals surface area (Å²) < 4.78 is 4.47. The van der Waals surface area contributed by atoms with Crippen molar-refractivity contribution < 1.29 is 14.2 Å². The molecule has 1 rings (SSSR count). The van der Waals surface area contributed by atoms with Crippen LogP contribution < -0.4 is 5.73 Å². The summed E-state index contributed by atoms with van der Waals surface area (Å²) in [7, 11) is 2.99. The zero-order valence-electron chi connectivity index (χ0n) is 9.47. The Morgan fingerprint density at radius 1 is 1.38 bits per heavy atom. The van der Waals surface area contributed by atoms with E-state index in [2.05, 4.69) is 0 Å². The van der Waals surface area contributed by atoms with Gasteiger partial charge in [0.05, 0.1) is 19.7 Å². The number of nitrogens with two attached hydrogens (primary N) is 1. The lowest BCUT2D eigenvalue weighted by Crippen LogP contribution is -2.36. The summed E-state index contributed by atoms with van der Waals surface area (Å²) in [5, 5.41) is 11.2. The number of esters is 1. The van der Waals surface area contributed by atoms with Gasteiger partial charge in [-0.3, -0.25) is 0 Å². The van der Waals surface area contributed by atoms with Gasteiger partial charge in [0.1, 0.15) is 13.2 Å². The van der Waals surface area contributed by atoms with Crippen LogP contribution in [-0.2, 0) is 4.74 Å². The highest BCUT2D eigenvalue weighted by atomic mass is 16.6. The molecule has 0 aromatic heterocycles. The van der Waals surface area contributed by atoms with Crippen LogP contribution in [0.25, 0.3) is 0 Å². The van der Waals surface area contributed by atoms with Crippen molar-refractivity contribution in [1.29, 1.82) is 0 Å². The minimum atomic E-state index is -0.477. The molecule has 0 saturated carbocycles. The van der Waals surface area contributed by atoms with Crippen molar-refractivity contribution in [2.45, 2.75) is 0 Å². The number of nitrogen functional groups attached to an aromatic ring is 1. The van der Waals surface area contributed by atoms with Gasteiger partial charge in [0.25, 0.3) is 0 Å². The molecule has 88 valence electrons. The van der Waals surface area contributed by atoms with Gasteiger partial charge in [-0.25, -0.2) is 4.79 Å². The number of ether oxygens (including phenoxy) is 1. The number of quaternary nitrogens is 1. The number of carbonyl (C=O) groups is 1. The summed E-state index contributed by atoms with van der Waals surface area (Å²) in [6.07, 6.45) is 0. The quantitative estimate of drug-likeness (QED) is 0.358. The highest BCUT2D eigenvalue weighted by Crippen LogP contribution is 2.07. The fourth-order valence-electron chi connectivity index (χ4n) is 1.06. The second-order valence-electron chi connectivity index (χ2n) is 4.06. The van der Waals surface area contributed by atoms with E-state index in [1.165, 1.54) is 14.1 Å². The highest BCUT2D eigenvalue weighted by Gasteiger charge is 2.08. The average Bonchev–Trinajstić information content (AvgIpc) is 2.16. The molecule has 5 heteroatoms. The minimum Gasteiger partial charge on any atom is -0.633 e. The summed E-state index contributed by atoms with van der Waals surface area (Å²) in [5.41, 5.74) is 6.52. The first-order valence-electron chi connectivity index (χ1n) is 4.95. The van der Waals surface area contributed by atoms with Gasteiger partial charge in [-0.1, -0.05) is 0 Å². The lowest BCUT2D eigenvalue weighted by molar-refractivity contribution is -0.840. The number of rotatable bonds is 4. The molecule has 0 aliphatic rings. The molecule has 0 aliphatic carbocycles. The van der Waals surface area contributed by atoms with Crippen molar-refractivity contribution in [3.05, 3.63) is 35.0 Å². The van der Waals surface area contributed by atoms with Crippen LogP contribution in [0.2, 0.25) is 0 Å². The first-order chi connectivity index (χ1) is 7.38. The Kier molecular flexibility index (Phi) is 3.87. The smallest absolute Gasteiger partial charge is 0.338 e. The fourth-order valence-corrected chi connectivity index (χ4v) is 1.06. The minimum absolute atomic E-state index is 0.111. The number of hydrogen-bond acceptors (Lipinski definition) is 4. The van der Waals surface area contributed by atoms with Crippen LogP contribution in [0.4, 0.5) is 5.69 Å². The Morgan fingerprint density at radius 3 is 2.44 bits per heavy atom. The van der Waals surface area contributed by atoms with Gasteiger partial charge in [0.2, 0.25) is 0 Å². The summed E-state index contributed by atoms with van der Waals surface area (Å²) >= 11 is 0. The molecule has 0 saturated heterocycles. The Labute approximate surface area is 94.6 Å². The van der Waals surface area contributed by atoms with Crippen molar-refractivity contribution in [2.75, 3.05) is 33.0 Å². The maximum Gasteiger partial charge on any atom is 0.338 e. The third-order valence-corrected chi connectivity index (χ3v) is 2.01. The van der Waals surface area contributed by atoms with Crippen molar-refractivity contribution >= 4 is 11.7 Å². The van der Waals surface area contributed by atoms with Gasteiger partial charge >= 0.3 is 5.97 Å². The first-order valence-corrected chi connectivity index (χ1v) is 4.95. The molecule has 0 radical (unpaired) electrons. The maximum absolute atomic E-state index is 11.5. The molecule has 2 N–H and O–H groups in total. The molecule has 0 unspecified atom stereocenters. The van der Waals surface area contributed by atoms with Gasteiger partial charge in [0, 0.05) is 5.69 Å². The number of carbonyl (C=O) groups excluding carboxylic acids is 1. The van der Waals surface area contributed by atoms with E-state index in [0.29, 0.717) is 11.3 Å². The number of anilines is 1. The van der Waals surface area contributed by atoms with Crippen molar-refractivity contribution in [3.8, 4) is 0 Å². The zero-order valence-corrected chi connectivity index (χ0v) is 9.47. The molecule has 0 atom stereocenters. The largest absolute Gasteiger partial charge is 0.633 e. The molecule has 1 aromatic rings. The monoisotopic (exact) mass is 224 g/mol. The molecule has 0 spiro atoms. The summed E-state index contributed by atoms with van der Waals surface area (Å²) in [6.45, 7) is 0.348. The molecule has 5 nitrogen and oxygen atoms in total. The van der Waals surface area contributed by atoms with Crippen LogP contribution in [-0.4, -0.2) is 37.9 Å². The number of hydroxylamine groups is 3. The van der Waals surface area contributed by atoms with Gasteiger partial charge < -0.3 is 20.3 Å². The van der Waals surface area contributed by atoms with Crippen molar-refractivity contribution in [2.24, 2.45) is 0 Å². The number of benzene rings is 1. The van der Waals surface area contributed by atoms with Gasteiger partial charge in [-0.2, -0.15) is 0 Å². The van der Waals surface area contributed by atoms with E-state index in [1.54, 1.807) is 24.3 Å². The molecule has 0 heterocycles. The molecule has 0 fully saturated rings. The Balaban J connectivity index is 2.44. The van der Waals surface area contributed by atoms with Gasteiger partial charge in [-0.15, -0.1) is 0 Å². The predicted octanol–water partition coefficient (Wildman–Crippen LogP) is 1.000. The van der Waals surface area contributed by atoms with Crippen LogP contribution in [0, 0.1) is 5.21 Å². The predicted molar refractivity (Wildman–Crippen MR) is 61.5 cm³/mol. The maximum atomic E-state index is 11.5. The SMILES string of the molecule is C[N+](C)([O-])CCOC(=O)c1ccc(N)cc1. The first kappa shape index (κ1) is 12.5. The van der Waals surface area contributed by atoms with Crippen LogP contribution in [0.15, 0.2) is 24.3 Å². The zero-order chi connectivity index (χ0) is 12.2. The van der Waals surface area contributed by atoms with E-state index in [0.717, 1.165) is 0 Å². The number of hydrogen-bond donors (Lipinski definition) is 1. The molecule has 16 heavy (non-hydrogen) atoms. The number of likely N-dealkylation sites (N-methyl/N-ethyl adjacent to an activating group) is 1. The van der Waals surface area contributed by atoms with E-state index in [9.17, 15) is 10.0 Å². The third-order valence-electron chi connectivity index (χ3n) is 2.01. The average molecular weight is 224 g/mol. The Morgan fingerprint density at radius 2 is 1.94 bits per heavy atom. The lowest BCUT2D eigenvalue weighted by Gasteiger charge is -2.33. The van der Waals surface area contributed by atoms with Crippen LogP contribution >= 0.6 is 0 Å². The van der Waals surface area contributed by atoms with Crippen molar-refractivity contribution in [1.82, 2.24) is 0 Å². The Hall–Kier alpha value is -1.59. The van der Waals surface area contributed by atoms with E-state index in [4.69, 9.17) is 10.5 Å². The van der Waals surface area contributed by atoms with Gasteiger partial charge in [-0.05, 0) is 24.3 Å². The standard InChI is InChI=1S/C11H16N2O3/c1-13(2,15)7-8-16-11(14)9-3-5-10(12)6-4-9/h3-6H,7-8,12H2,1-2H3. The molecule has 0 aliphatic heterocycles. The van der Waals surface area contributed by atoms with E-state index >= 15 is 0 Å². The summed E-state index contributed by atoms with van der Waals surface area (Å²) in [6, 6.07) is 6.44. The van der Waals surface area contributed by atoms with Crippen molar-refractivity contribution in [3.63, 3.8) is 0 Å². The molecule has 0 amide bonds. The molecular weight excluding hydrogens is 208 g/mol. The topological polar surface area (TPSA) is 75.4 Å². The lowest BCUT2D eigenvalue weighted by atomic mass is 10.2. The molecular formula is C11H16N2O3. The Bertz CT molecular complexity index is 354. The van der Waals surface area contributed by atoms with Crippen LogP contribution in [0.3, 0.4) is 0 Å². The third kappa shape index (κ3) is 4.29. The highest BCUT2D eigenvalue weighted by molar-refractivity contribution is 5.89. The normalized spacial score (nSPS) is 11.2. The summed E-state index contributed by atoms with van der Waals surface area (Å²) in [4.78, 5) is 11.5. The second kappa shape index (κ2) is 4.96. The second-order valence-corrected chi connectivity index (χ2v) is 4.06. The van der Waals surface area contributed by atoms with E-state index in [-0.39, 0.29) is 13.2 Å². The van der Waals surface area contributed by atoms with Gasteiger partial charge in [0.15, 0.2) is 0 Å². The molecule has 1 aromatic carbocycles. The number of nitrogens with zero attached hydrogens (tertiary/aromatic N) is 1. The summed E-state index contributed by atoms with van der Waals surface area (Å²) in [5.74, 6) is -0.437. The van der Waals surface area contributed by atoms with E-state index < -0.39 is 10.6 Å².